The molecule has 0 aliphatic carbocycles. The van der Waals surface area contributed by atoms with E-state index in [0.717, 1.165) is 11.4 Å². The zero-order chi connectivity index (χ0) is 19.9. The molecule has 0 aliphatic heterocycles. The number of hydrogen-bond acceptors (Lipinski definition) is 6. The lowest BCUT2D eigenvalue weighted by atomic mass is 10.2. The second kappa shape index (κ2) is 9.14. The lowest BCUT2D eigenvalue weighted by Crippen LogP contribution is -2.29. The fraction of sp³-hybridized carbons (Fsp3) is 0.200. The van der Waals surface area contributed by atoms with Gasteiger partial charge in [-0.15, -0.1) is 0 Å². The zero-order valence-electron chi connectivity index (χ0n) is 15.7. The molecule has 0 radical (unpaired) electrons. The summed E-state index contributed by atoms with van der Waals surface area (Å²) in [5, 5.41) is 9.62. The Bertz CT molecular complexity index is 978. The van der Waals surface area contributed by atoms with Crippen molar-refractivity contribution in [3.63, 3.8) is 0 Å². The molecule has 3 aromatic rings. The van der Waals surface area contributed by atoms with Crippen molar-refractivity contribution in [2.45, 2.75) is 13.8 Å². The first-order chi connectivity index (χ1) is 13.5. The van der Waals surface area contributed by atoms with Gasteiger partial charge < -0.3 is 16.0 Å². The molecular formula is C20H21ClN6O. The molecule has 8 heteroatoms. The first kappa shape index (κ1) is 19.6. The van der Waals surface area contributed by atoms with Gasteiger partial charge in [-0.3, -0.25) is 4.79 Å². The standard InChI is InChI=1S/C20H21ClN6O/c1-13-7-8-22-17(11-13)27-19-12-18(25-14(2)26-19)23-9-10-24-20(28)15-5-3-4-6-16(15)21/h3-8,11-12H,9-10H2,1-2H3,(H,24,28)(H2,22,23,25,26,27). The van der Waals surface area contributed by atoms with E-state index < -0.39 is 0 Å². The van der Waals surface area contributed by atoms with Gasteiger partial charge in [-0.1, -0.05) is 23.7 Å². The van der Waals surface area contributed by atoms with Crippen molar-refractivity contribution in [1.29, 1.82) is 0 Å². The fourth-order valence-corrected chi connectivity index (χ4v) is 2.79. The maximum absolute atomic E-state index is 12.1. The Morgan fingerprint density at radius 1 is 1.00 bits per heavy atom. The second-order valence-corrected chi connectivity index (χ2v) is 6.60. The number of nitrogens with zero attached hydrogens (tertiary/aromatic N) is 3. The molecule has 0 spiro atoms. The van der Waals surface area contributed by atoms with E-state index in [4.69, 9.17) is 11.6 Å². The lowest BCUT2D eigenvalue weighted by Gasteiger charge is -2.11. The molecule has 0 atom stereocenters. The van der Waals surface area contributed by atoms with Crippen LogP contribution in [-0.2, 0) is 0 Å². The van der Waals surface area contributed by atoms with Gasteiger partial charge in [0, 0.05) is 25.4 Å². The maximum Gasteiger partial charge on any atom is 0.252 e. The van der Waals surface area contributed by atoms with Crippen LogP contribution >= 0.6 is 11.6 Å². The number of halogens is 1. The summed E-state index contributed by atoms with van der Waals surface area (Å²) in [6, 6.07) is 12.6. The number of hydrogen-bond donors (Lipinski definition) is 3. The summed E-state index contributed by atoms with van der Waals surface area (Å²) in [4.78, 5) is 25.2. The predicted octanol–water partition coefficient (Wildman–Crippen LogP) is 3.73. The Morgan fingerprint density at radius 3 is 2.57 bits per heavy atom. The molecule has 0 bridgehead atoms. The maximum atomic E-state index is 12.1. The SMILES string of the molecule is Cc1ccnc(Nc2cc(NCCNC(=O)c3ccccc3Cl)nc(C)n2)c1. The summed E-state index contributed by atoms with van der Waals surface area (Å²) in [6.07, 6.45) is 1.74. The van der Waals surface area contributed by atoms with E-state index in [2.05, 4.69) is 30.9 Å². The summed E-state index contributed by atoms with van der Waals surface area (Å²) >= 11 is 6.03. The molecule has 0 saturated carbocycles. The van der Waals surface area contributed by atoms with Crippen LogP contribution in [0.2, 0.25) is 5.02 Å². The first-order valence-electron chi connectivity index (χ1n) is 8.83. The van der Waals surface area contributed by atoms with Crippen molar-refractivity contribution in [3.8, 4) is 0 Å². The zero-order valence-corrected chi connectivity index (χ0v) is 16.4. The monoisotopic (exact) mass is 396 g/mol. The van der Waals surface area contributed by atoms with Crippen molar-refractivity contribution < 1.29 is 4.79 Å². The van der Waals surface area contributed by atoms with Crippen LogP contribution in [0.15, 0.2) is 48.7 Å². The number of benzene rings is 1. The molecule has 2 heterocycles. The highest BCUT2D eigenvalue weighted by Gasteiger charge is 2.08. The highest BCUT2D eigenvalue weighted by Crippen LogP contribution is 2.17. The first-order valence-corrected chi connectivity index (χ1v) is 9.21. The molecule has 0 fully saturated rings. The van der Waals surface area contributed by atoms with Crippen LogP contribution < -0.4 is 16.0 Å². The summed E-state index contributed by atoms with van der Waals surface area (Å²) in [6.45, 7) is 4.76. The van der Waals surface area contributed by atoms with Crippen molar-refractivity contribution in [1.82, 2.24) is 20.3 Å². The van der Waals surface area contributed by atoms with Gasteiger partial charge in [0.25, 0.3) is 5.91 Å². The van der Waals surface area contributed by atoms with Gasteiger partial charge in [0.1, 0.15) is 23.3 Å². The van der Waals surface area contributed by atoms with E-state index >= 15 is 0 Å². The van der Waals surface area contributed by atoms with Gasteiger partial charge in [0.2, 0.25) is 0 Å². The Balaban J connectivity index is 1.55. The fourth-order valence-electron chi connectivity index (χ4n) is 2.57. The average molecular weight is 397 g/mol. The molecule has 0 saturated heterocycles. The highest BCUT2D eigenvalue weighted by atomic mass is 35.5. The van der Waals surface area contributed by atoms with Gasteiger partial charge in [-0.05, 0) is 43.7 Å². The van der Waals surface area contributed by atoms with Crippen LogP contribution in [0, 0.1) is 13.8 Å². The Hall–Kier alpha value is -3.19. The van der Waals surface area contributed by atoms with Crippen LogP contribution in [0.25, 0.3) is 0 Å². The molecule has 7 nitrogen and oxygen atoms in total. The van der Waals surface area contributed by atoms with Gasteiger partial charge >= 0.3 is 0 Å². The second-order valence-electron chi connectivity index (χ2n) is 6.19. The topological polar surface area (TPSA) is 91.8 Å². The lowest BCUT2D eigenvalue weighted by molar-refractivity contribution is 0.0955. The Kier molecular flexibility index (Phi) is 6.39. The number of rotatable bonds is 7. The third-order valence-electron chi connectivity index (χ3n) is 3.84. The van der Waals surface area contributed by atoms with E-state index in [0.29, 0.717) is 41.1 Å². The molecule has 144 valence electrons. The van der Waals surface area contributed by atoms with Crippen LogP contribution in [0.4, 0.5) is 17.5 Å². The third kappa shape index (κ3) is 5.40. The number of anilines is 3. The number of carbonyl (C=O) groups excluding carboxylic acids is 1. The third-order valence-corrected chi connectivity index (χ3v) is 4.17. The normalized spacial score (nSPS) is 10.4. The Labute approximate surface area is 168 Å². The minimum Gasteiger partial charge on any atom is -0.368 e. The predicted molar refractivity (Wildman–Crippen MR) is 111 cm³/mol. The van der Waals surface area contributed by atoms with Crippen LogP contribution in [0.3, 0.4) is 0 Å². The molecule has 0 aliphatic rings. The molecule has 28 heavy (non-hydrogen) atoms. The molecular weight excluding hydrogens is 376 g/mol. The molecule has 1 aromatic carbocycles. The van der Waals surface area contributed by atoms with E-state index in [1.807, 2.05) is 26.0 Å². The van der Waals surface area contributed by atoms with Gasteiger partial charge in [-0.25, -0.2) is 15.0 Å². The Morgan fingerprint density at radius 2 is 1.79 bits per heavy atom. The van der Waals surface area contributed by atoms with Crippen molar-refractivity contribution >= 4 is 35.0 Å². The summed E-state index contributed by atoms with van der Waals surface area (Å²) < 4.78 is 0. The largest absolute Gasteiger partial charge is 0.368 e. The van der Waals surface area contributed by atoms with E-state index in [1.54, 1.807) is 36.5 Å². The molecule has 2 aromatic heterocycles. The molecule has 3 N–H and O–H groups in total. The summed E-state index contributed by atoms with van der Waals surface area (Å²) in [5.74, 6) is 2.44. The van der Waals surface area contributed by atoms with E-state index in [-0.39, 0.29) is 5.91 Å². The number of aromatic nitrogens is 3. The minimum atomic E-state index is -0.209. The van der Waals surface area contributed by atoms with Crippen LogP contribution in [0.5, 0.6) is 0 Å². The van der Waals surface area contributed by atoms with Crippen molar-refractivity contribution in [3.05, 3.63) is 70.6 Å². The molecule has 0 unspecified atom stereocenters. The quantitative estimate of drug-likeness (QED) is 0.527. The van der Waals surface area contributed by atoms with E-state index in [1.165, 1.54) is 0 Å². The number of amides is 1. The molecule has 3 rings (SSSR count). The molecule has 1 amide bonds. The van der Waals surface area contributed by atoms with Gasteiger partial charge in [0.05, 0.1) is 10.6 Å². The smallest absolute Gasteiger partial charge is 0.252 e. The van der Waals surface area contributed by atoms with Crippen molar-refractivity contribution in [2.24, 2.45) is 0 Å². The summed E-state index contributed by atoms with van der Waals surface area (Å²) in [5.41, 5.74) is 1.56. The number of nitrogens with one attached hydrogen (secondary N) is 3. The number of pyridine rings is 1. The minimum absolute atomic E-state index is 0.209. The van der Waals surface area contributed by atoms with E-state index in [9.17, 15) is 4.79 Å². The van der Waals surface area contributed by atoms with Crippen molar-refractivity contribution in [2.75, 3.05) is 23.7 Å². The van der Waals surface area contributed by atoms with Gasteiger partial charge in [0.15, 0.2) is 0 Å². The number of aryl methyl sites for hydroxylation is 2. The van der Waals surface area contributed by atoms with Gasteiger partial charge in [-0.2, -0.15) is 0 Å². The highest BCUT2D eigenvalue weighted by molar-refractivity contribution is 6.33. The average Bonchev–Trinajstić information content (AvgIpc) is 2.65. The van der Waals surface area contributed by atoms with Crippen LogP contribution in [-0.4, -0.2) is 33.9 Å². The van der Waals surface area contributed by atoms with Crippen LogP contribution in [0.1, 0.15) is 21.7 Å². The summed E-state index contributed by atoms with van der Waals surface area (Å²) in [7, 11) is 0. The number of carbonyl (C=O) groups is 1.